The molecule has 1 aromatic carbocycles. The van der Waals surface area contributed by atoms with Gasteiger partial charge in [-0.3, -0.25) is 4.79 Å². The molecule has 4 heteroatoms. The van der Waals surface area contributed by atoms with E-state index < -0.39 is 0 Å². The van der Waals surface area contributed by atoms with Crippen LogP contribution in [0.25, 0.3) is 11.3 Å². The molecule has 1 saturated carbocycles. The van der Waals surface area contributed by atoms with Crippen LogP contribution in [0.15, 0.2) is 29.6 Å². The highest BCUT2D eigenvalue weighted by molar-refractivity contribution is 7.09. The first kappa shape index (κ1) is 13.3. The third-order valence-corrected chi connectivity index (χ3v) is 4.56. The minimum Gasteiger partial charge on any atom is -0.352 e. The second-order valence-corrected chi connectivity index (χ2v) is 6.55. The van der Waals surface area contributed by atoms with Crippen LogP contribution < -0.4 is 5.32 Å². The number of carbonyl (C=O) groups is 1. The third-order valence-electron chi connectivity index (χ3n) is 3.78. The molecule has 3 nitrogen and oxygen atoms in total. The molecule has 1 aliphatic rings. The van der Waals surface area contributed by atoms with Crippen molar-refractivity contribution >= 4 is 17.2 Å². The standard InChI is InChI=1S/C16H18N2OS/c1-10-7-14(10)16(19)17-8-12-3-5-13(6-4-12)15-9-20-11(2)18-15/h3-6,9-10,14H,7-8H2,1-2H3,(H,17,19)/t10-,14+/m1/s1. The largest absolute Gasteiger partial charge is 0.352 e. The van der Waals surface area contributed by atoms with Crippen molar-refractivity contribution in [2.75, 3.05) is 0 Å². The van der Waals surface area contributed by atoms with Gasteiger partial charge in [-0.2, -0.15) is 0 Å². The van der Waals surface area contributed by atoms with E-state index in [-0.39, 0.29) is 11.8 Å². The molecule has 0 radical (unpaired) electrons. The smallest absolute Gasteiger partial charge is 0.223 e. The molecule has 1 N–H and O–H groups in total. The number of hydrogen-bond acceptors (Lipinski definition) is 3. The first-order valence-corrected chi connectivity index (χ1v) is 7.80. The second kappa shape index (κ2) is 5.37. The monoisotopic (exact) mass is 286 g/mol. The number of amides is 1. The molecule has 0 aliphatic heterocycles. The van der Waals surface area contributed by atoms with Crippen molar-refractivity contribution in [1.82, 2.24) is 10.3 Å². The van der Waals surface area contributed by atoms with E-state index in [4.69, 9.17) is 0 Å². The number of benzene rings is 1. The highest BCUT2D eigenvalue weighted by Crippen LogP contribution is 2.37. The third kappa shape index (κ3) is 2.90. The lowest BCUT2D eigenvalue weighted by molar-refractivity contribution is -0.122. The SMILES string of the molecule is Cc1nc(-c2ccc(CNC(=O)[C@H]3C[C@H]3C)cc2)cs1. The normalized spacial score (nSPS) is 20.7. The molecule has 1 fully saturated rings. The van der Waals surface area contributed by atoms with E-state index in [9.17, 15) is 4.79 Å². The van der Waals surface area contributed by atoms with Gasteiger partial charge in [-0.25, -0.2) is 4.98 Å². The molecule has 1 heterocycles. The molecular formula is C16H18N2OS. The minimum absolute atomic E-state index is 0.191. The van der Waals surface area contributed by atoms with Crippen LogP contribution in [0.3, 0.4) is 0 Å². The Bertz CT molecular complexity index is 618. The summed E-state index contributed by atoms with van der Waals surface area (Å²) in [6, 6.07) is 8.24. The molecule has 3 rings (SSSR count). The highest BCUT2D eigenvalue weighted by atomic mass is 32.1. The quantitative estimate of drug-likeness (QED) is 0.936. The Kier molecular flexibility index (Phi) is 3.57. The predicted molar refractivity (Wildman–Crippen MR) is 81.4 cm³/mol. The maximum atomic E-state index is 11.8. The Morgan fingerprint density at radius 2 is 2.10 bits per heavy atom. The van der Waals surface area contributed by atoms with E-state index in [2.05, 4.69) is 46.9 Å². The number of nitrogens with one attached hydrogen (secondary N) is 1. The molecule has 1 aliphatic carbocycles. The van der Waals surface area contributed by atoms with Crippen LogP contribution in [0.5, 0.6) is 0 Å². The molecule has 0 spiro atoms. The van der Waals surface area contributed by atoms with Gasteiger partial charge < -0.3 is 5.32 Å². The zero-order valence-electron chi connectivity index (χ0n) is 11.7. The first-order chi connectivity index (χ1) is 9.63. The van der Waals surface area contributed by atoms with Gasteiger partial charge >= 0.3 is 0 Å². The number of rotatable bonds is 4. The van der Waals surface area contributed by atoms with Gasteiger partial charge in [-0.15, -0.1) is 11.3 Å². The van der Waals surface area contributed by atoms with E-state index in [1.165, 1.54) is 0 Å². The van der Waals surface area contributed by atoms with Crippen LogP contribution in [0.1, 0.15) is 23.9 Å². The molecule has 0 bridgehead atoms. The van der Waals surface area contributed by atoms with E-state index in [1.54, 1.807) is 11.3 Å². The van der Waals surface area contributed by atoms with Gasteiger partial charge in [0.2, 0.25) is 5.91 Å². The van der Waals surface area contributed by atoms with Gasteiger partial charge in [-0.1, -0.05) is 31.2 Å². The van der Waals surface area contributed by atoms with Crippen LogP contribution >= 0.6 is 11.3 Å². The van der Waals surface area contributed by atoms with Crippen molar-refractivity contribution < 1.29 is 4.79 Å². The second-order valence-electron chi connectivity index (χ2n) is 5.49. The minimum atomic E-state index is 0.191. The molecule has 1 aromatic heterocycles. The Hall–Kier alpha value is -1.68. The molecule has 0 unspecified atom stereocenters. The van der Waals surface area contributed by atoms with Gasteiger partial charge in [-0.05, 0) is 24.8 Å². The fraction of sp³-hybridized carbons (Fsp3) is 0.375. The summed E-state index contributed by atoms with van der Waals surface area (Å²) in [5.41, 5.74) is 3.28. The first-order valence-electron chi connectivity index (χ1n) is 6.92. The predicted octanol–water partition coefficient (Wildman–Crippen LogP) is 3.39. The number of aromatic nitrogens is 1. The van der Waals surface area contributed by atoms with Crippen LogP contribution in [-0.4, -0.2) is 10.9 Å². The summed E-state index contributed by atoms with van der Waals surface area (Å²) in [7, 11) is 0. The zero-order valence-corrected chi connectivity index (χ0v) is 12.5. The van der Waals surface area contributed by atoms with E-state index in [1.807, 2.05) is 6.92 Å². The fourth-order valence-corrected chi connectivity index (χ4v) is 2.92. The van der Waals surface area contributed by atoms with Crippen LogP contribution in [0.4, 0.5) is 0 Å². The Morgan fingerprint density at radius 3 is 2.65 bits per heavy atom. The summed E-state index contributed by atoms with van der Waals surface area (Å²) in [6.45, 7) is 4.74. The van der Waals surface area contributed by atoms with E-state index in [0.717, 1.165) is 28.2 Å². The average molecular weight is 286 g/mol. The van der Waals surface area contributed by atoms with Gasteiger partial charge in [0, 0.05) is 23.4 Å². The fourth-order valence-electron chi connectivity index (χ4n) is 2.30. The summed E-state index contributed by atoms with van der Waals surface area (Å²) in [4.78, 5) is 16.2. The molecule has 20 heavy (non-hydrogen) atoms. The summed E-state index contributed by atoms with van der Waals surface area (Å²) in [6.07, 6.45) is 1.04. The molecule has 0 saturated heterocycles. The van der Waals surface area contributed by atoms with Gasteiger partial charge in [0.05, 0.1) is 10.7 Å². The van der Waals surface area contributed by atoms with Crippen molar-refractivity contribution in [2.45, 2.75) is 26.8 Å². The number of nitrogens with zero attached hydrogens (tertiary/aromatic N) is 1. The Balaban J connectivity index is 1.60. The van der Waals surface area contributed by atoms with E-state index in [0.29, 0.717) is 12.5 Å². The van der Waals surface area contributed by atoms with Crippen LogP contribution in [0, 0.1) is 18.8 Å². The van der Waals surface area contributed by atoms with Gasteiger partial charge in [0.25, 0.3) is 0 Å². The molecular weight excluding hydrogens is 268 g/mol. The van der Waals surface area contributed by atoms with Crippen molar-refractivity contribution in [2.24, 2.45) is 11.8 Å². The maximum absolute atomic E-state index is 11.8. The lowest BCUT2D eigenvalue weighted by Crippen LogP contribution is -2.24. The Morgan fingerprint density at radius 1 is 1.40 bits per heavy atom. The molecule has 1 amide bonds. The van der Waals surface area contributed by atoms with Gasteiger partial charge in [0.15, 0.2) is 0 Å². The summed E-state index contributed by atoms with van der Waals surface area (Å²) < 4.78 is 0. The maximum Gasteiger partial charge on any atom is 0.223 e. The highest BCUT2D eigenvalue weighted by Gasteiger charge is 2.38. The molecule has 2 atom stereocenters. The molecule has 2 aromatic rings. The lowest BCUT2D eigenvalue weighted by atomic mass is 10.1. The topological polar surface area (TPSA) is 42.0 Å². The number of carbonyl (C=O) groups excluding carboxylic acids is 1. The van der Waals surface area contributed by atoms with E-state index >= 15 is 0 Å². The lowest BCUT2D eigenvalue weighted by Gasteiger charge is -2.05. The molecule has 104 valence electrons. The summed E-state index contributed by atoms with van der Waals surface area (Å²) in [5, 5.41) is 6.15. The van der Waals surface area contributed by atoms with Crippen molar-refractivity contribution in [1.29, 1.82) is 0 Å². The van der Waals surface area contributed by atoms with Gasteiger partial charge in [0.1, 0.15) is 0 Å². The van der Waals surface area contributed by atoms with Crippen molar-refractivity contribution in [3.05, 3.63) is 40.2 Å². The van der Waals surface area contributed by atoms with Crippen molar-refractivity contribution in [3.8, 4) is 11.3 Å². The summed E-state index contributed by atoms with van der Waals surface area (Å²) >= 11 is 1.66. The number of hydrogen-bond donors (Lipinski definition) is 1. The zero-order chi connectivity index (χ0) is 14.1. The summed E-state index contributed by atoms with van der Waals surface area (Å²) in [5.74, 6) is 0.995. The van der Waals surface area contributed by atoms with Crippen LogP contribution in [-0.2, 0) is 11.3 Å². The average Bonchev–Trinajstić information content (AvgIpc) is 3.03. The Labute approximate surface area is 123 Å². The van der Waals surface area contributed by atoms with Crippen molar-refractivity contribution in [3.63, 3.8) is 0 Å². The number of aryl methyl sites for hydroxylation is 1. The number of thiazole rings is 1. The van der Waals surface area contributed by atoms with Crippen LogP contribution in [0.2, 0.25) is 0 Å².